The molecule has 2 N–H and O–H groups in total. The molecule has 0 radical (unpaired) electrons. The summed E-state index contributed by atoms with van der Waals surface area (Å²) in [5.74, 6) is -0.0178. The summed E-state index contributed by atoms with van der Waals surface area (Å²) in [7, 11) is -1.27. The predicted octanol–water partition coefficient (Wildman–Crippen LogP) is 0.735. The van der Waals surface area contributed by atoms with Gasteiger partial charge in [-0.05, 0) is 25.6 Å². The average Bonchev–Trinajstić information content (AvgIpc) is 2.35. The molecule has 1 aliphatic rings. The fourth-order valence-electron chi connectivity index (χ4n) is 2.22. The second-order valence-corrected chi connectivity index (χ2v) is 7.11. The monoisotopic (exact) mass is 283 g/mol. The first kappa shape index (κ1) is 14.3. The largest absolute Gasteiger partial charge is 0.398 e. The van der Waals surface area contributed by atoms with Crippen molar-refractivity contribution in [3.63, 3.8) is 0 Å². The molecule has 1 heterocycles. The quantitative estimate of drug-likeness (QED) is 0.831. The van der Waals surface area contributed by atoms with Gasteiger partial charge in [-0.15, -0.1) is 0 Å². The summed E-state index contributed by atoms with van der Waals surface area (Å²) in [6, 6.07) is 7.37. The van der Waals surface area contributed by atoms with Crippen LogP contribution in [0.1, 0.15) is 12.5 Å². The van der Waals surface area contributed by atoms with E-state index in [9.17, 15) is 8.42 Å². The van der Waals surface area contributed by atoms with Crippen molar-refractivity contribution in [2.24, 2.45) is 0 Å². The van der Waals surface area contributed by atoms with Gasteiger partial charge in [0.15, 0.2) is 0 Å². The Balaban J connectivity index is 2.13. The zero-order valence-electron chi connectivity index (χ0n) is 11.4. The van der Waals surface area contributed by atoms with Crippen LogP contribution in [-0.2, 0) is 15.8 Å². The van der Waals surface area contributed by atoms with E-state index in [1.807, 2.05) is 26.1 Å². The summed E-state index contributed by atoms with van der Waals surface area (Å²) in [5.41, 5.74) is 7.03. The van der Waals surface area contributed by atoms with Gasteiger partial charge in [0.25, 0.3) is 0 Å². The summed E-state index contributed by atoms with van der Waals surface area (Å²) in [6.45, 7) is 3.91. The number of nitrogen functional groups attached to an aromatic ring is 1. The summed E-state index contributed by atoms with van der Waals surface area (Å²) in [6.07, 6.45) is 0. The summed E-state index contributed by atoms with van der Waals surface area (Å²) < 4.78 is 26.4. The van der Waals surface area contributed by atoms with Gasteiger partial charge >= 0.3 is 0 Å². The van der Waals surface area contributed by atoms with Gasteiger partial charge < -0.3 is 10.6 Å². The van der Waals surface area contributed by atoms with Gasteiger partial charge in [0.05, 0.1) is 5.75 Å². The van der Waals surface area contributed by atoms with E-state index in [4.69, 9.17) is 5.73 Å². The Morgan fingerprint density at radius 1 is 1.32 bits per heavy atom. The van der Waals surface area contributed by atoms with Crippen molar-refractivity contribution in [2.75, 3.05) is 32.4 Å². The normalized spacial score (nSPS) is 22.5. The average molecular weight is 283 g/mol. The molecule has 6 heteroatoms. The molecule has 1 unspecified atom stereocenters. The van der Waals surface area contributed by atoms with Crippen LogP contribution < -0.4 is 5.73 Å². The van der Waals surface area contributed by atoms with Crippen molar-refractivity contribution in [1.82, 2.24) is 9.21 Å². The highest BCUT2D eigenvalue weighted by molar-refractivity contribution is 7.88. The maximum absolute atomic E-state index is 12.4. The second kappa shape index (κ2) is 5.48. The molecule has 1 fully saturated rings. The van der Waals surface area contributed by atoms with Crippen LogP contribution in [0.5, 0.6) is 0 Å². The molecule has 2 rings (SSSR count). The molecule has 1 aliphatic heterocycles. The summed E-state index contributed by atoms with van der Waals surface area (Å²) in [5, 5.41) is 0. The zero-order chi connectivity index (χ0) is 14.0. The molecule has 1 atom stereocenters. The Bertz CT molecular complexity index is 545. The minimum atomic E-state index is -3.29. The van der Waals surface area contributed by atoms with E-state index in [-0.39, 0.29) is 11.8 Å². The fraction of sp³-hybridized carbons (Fsp3) is 0.538. The number of nitrogens with zero attached hydrogens (tertiary/aromatic N) is 2. The van der Waals surface area contributed by atoms with Gasteiger partial charge in [0.1, 0.15) is 0 Å². The predicted molar refractivity (Wildman–Crippen MR) is 77.1 cm³/mol. The first-order valence-corrected chi connectivity index (χ1v) is 8.02. The molecule has 106 valence electrons. The van der Waals surface area contributed by atoms with E-state index in [0.717, 1.165) is 6.54 Å². The summed E-state index contributed by atoms with van der Waals surface area (Å²) in [4.78, 5) is 2.17. The van der Waals surface area contributed by atoms with Crippen molar-refractivity contribution in [3.05, 3.63) is 29.8 Å². The standard InChI is InChI=1S/C13H21N3O2S/c1-11-9-16(8-7-15(11)2)19(17,18)10-12-5-3-4-6-13(12)14/h3-6,11H,7-10,14H2,1-2H3. The van der Waals surface area contributed by atoms with Gasteiger partial charge in [-0.1, -0.05) is 18.2 Å². The number of benzene rings is 1. The number of anilines is 1. The van der Waals surface area contributed by atoms with Crippen LogP contribution in [-0.4, -0.2) is 50.3 Å². The van der Waals surface area contributed by atoms with Crippen molar-refractivity contribution >= 4 is 15.7 Å². The van der Waals surface area contributed by atoms with E-state index in [2.05, 4.69) is 4.90 Å². The molecule has 0 spiro atoms. The van der Waals surface area contributed by atoms with Crippen LogP contribution in [0.15, 0.2) is 24.3 Å². The van der Waals surface area contributed by atoms with Crippen molar-refractivity contribution in [3.8, 4) is 0 Å². The number of hydrogen-bond acceptors (Lipinski definition) is 4. The lowest BCUT2D eigenvalue weighted by Crippen LogP contribution is -2.52. The van der Waals surface area contributed by atoms with E-state index >= 15 is 0 Å². The van der Waals surface area contributed by atoms with Gasteiger partial charge in [0.2, 0.25) is 10.0 Å². The Labute approximate surface area is 115 Å². The van der Waals surface area contributed by atoms with Crippen LogP contribution in [0.4, 0.5) is 5.69 Å². The lowest BCUT2D eigenvalue weighted by molar-refractivity contribution is 0.159. The molecule has 0 amide bonds. The molecule has 1 aromatic carbocycles. The van der Waals surface area contributed by atoms with E-state index < -0.39 is 10.0 Å². The lowest BCUT2D eigenvalue weighted by atomic mass is 10.2. The molecule has 1 aromatic rings. The second-order valence-electron chi connectivity index (χ2n) is 5.14. The number of hydrogen-bond donors (Lipinski definition) is 1. The molecule has 1 saturated heterocycles. The summed E-state index contributed by atoms with van der Waals surface area (Å²) >= 11 is 0. The Morgan fingerprint density at radius 2 is 2.00 bits per heavy atom. The Kier molecular flexibility index (Phi) is 4.13. The number of piperazine rings is 1. The zero-order valence-corrected chi connectivity index (χ0v) is 12.2. The molecular weight excluding hydrogens is 262 g/mol. The number of likely N-dealkylation sites (N-methyl/N-ethyl adjacent to an activating group) is 1. The molecule has 0 bridgehead atoms. The highest BCUT2D eigenvalue weighted by atomic mass is 32.2. The van der Waals surface area contributed by atoms with E-state index in [0.29, 0.717) is 24.3 Å². The van der Waals surface area contributed by atoms with Gasteiger partial charge in [-0.2, -0.15) is 4.31 Å². The first-order chi connectivity index (χ1) is 8.90. The molecule has 0 saturated carbocycles. The Morgan fingerprint density at radius 3 is 2.63 bits per heavy atom. The van der Waals surface area contributed by atoms with Gasteiger partial charge in [-0.3, -0.25) is 0 Å². The third-order valence-corrected chi connectivity index (χ3v) is 5.50. The van der Waals surface area contributed by atoms with Crippen molar-refractivity contribution in [1.29, 1.82) is 0 Å². The molecule has 19 heavy (non-hydrogen) atoms. The maximum atomic E-state index is 12.4. The highest BCUT2D eigenvalue weighted by Gasteiger charge is 2.29. The number of para-hydroxylation sites is 1. The molecule has 0 aromatic heterocycles. The fourth-order valence-corrected chi connectivity index (χ4v) is 3.86. The van der Waals surface area contributed by atoms with Crippen LogP contribution in [0, 0.1) is 0 Å². The lowest BCUT2D eigenvalue weighted by Gasteiger charge is -2.36. The van der Waals surface area contributed by atoms with E-state index in [1.54, 1.807) is 16.4 Å². The number of sulfonamides is 1. The van der Waals surface area contributed by atoms with Crippen LogP contribution in [0.25, 0.3) is 0 Å². The van der Waals surface area contributed by atoms with E-state index in [1.165, 1.54) is 0 Å². The SMILES string of the molecule is CC1CN(S(=O)(=O)Cc2ccccc2N)CCN1C. The van der Waals surface area contributed by atoms with Crippen molar-refractivity contribution < 1.29 is 8.42 Å². The smallest absolute Gasteiger partial charge is 0.218 e. The van der Waals surface area contributed by atoms with Crippen molar-refractivity contribution in [2.45, 2.75) is 18.7 Å². The van der Waals surface area contributed by atoms with Crippen LogP contribution in [0.2, 0.25) is 0 Å². The molecular formula is C13H21N3O2S. The molecule has 0 aliphatic carbocycles. The third kappa shape index (κ3) is 3.26. The van der Waals surface area contributed by atoms with Gasteiger partial charge in [0, 0.05) is 31.4 Å². The minimum absolute atomic E-state index is 0.0178. The number of rotatable bonds is 3. The number of nitrogens with two attached hydrogens (primary N) is 1. The maximum Gasteiger partial charge on any atom is 0.218 e. The van der Waals surface area contributed by atoms with Crippen LogP contribution >= 0.6 is 0 Å². The third-order valence-electron chi connectivity index (χ3n) is 3.71. The first-order valence-electron chi connectivity index (χ1n) is 6.41. The molecule has 5 nitrogen and oxygen atoms in total. The minimum Gasteiger partial charge on any atom is -0.398 e. The highest BCUT2D eigenvalue weighted by Crippen LogP contribution is 2.19. The van der Waals surface area contributed by atoms with Crippen LogP contribution in [0.3, 0.4) is 0 Å². The Hall–Kier alpha value is -1.11. The topological polar surface area (TPSA) is 66.6 Å². The van der Waals surface area contributed by atoms with Gasteiger partial charge in [-0.25, -0.2) is 8.42 Å².